The van der Waals surface area contributed by atoms with E-state index in [0.717, 1.165) is 32.8 Å². The highest BCUT2D eigenvalue weighted by Gasteiger charge is 2.14. The van der Waals surface area contributed by atoms with Gasteiger partial charge in [0.05, 0.1) is 12.7 Å². The fourth-order valence-corrected chi connectivity index (χ4v) is 2.05. The van der Waals surface area contributed by atoms with Crippen molar-refractivity contribution in [3.05, 3.63) is 0 Å². The maximum Gasteiger partial charge on any atom is 0.0809 e. The van der Waals surface area contributed by atoms with Crippen LogP contribution in [0.5, 0.6) is 0 Å². The Balaban J connectivity index is 1.84. The van der Waals surface area contributed by atoms with E-state index < -0.39 is 0 Å². The molecule has 0 amide bonds. The van der Waals surface area contributed by atoms with E-state index in [0.29, 0.717) is 12.1 Å². The highest BCUT2D eigenvalue weighted by atomic mass is 16.5. The van der Waals surface area contributed by atoms with Gasteiger partial charge in [0.1, 0.15) is 0 Å². The van der Waals surface area contributed by atoms with Crippen LogP contribution in [0, 0.1) is 0 Å². The minimum atomic E-state index is 0.368. The third kappa shape index (κ3) is 5.83. The number of ether oxygens (including phenoxy) is 2. The number of nitrogens with one attached hydrogen (secondary N) is 1. The molecule has 0 spiro atoms. The molecule has 0 bridgehead atoms. The zero-order valence-corrected chi connectivity index (χ0v) is 10.8. The summed E-state index contributed by atoms with van der Waals surface area (Å²) >= 11 is 0. The Morgan fingerprint density at radius 3 is 2.81 bits per heavy atom. The fraction of sp³-hybridized carbons (Fsp3) is 1.00. The second-order valence-electron chi connectivity index (χ2n) is 4.53. The molecule has 3 nitrogen and oxygen atoms in total. The van der Waals surface area contributed by atoms with E-state index in [1.54, 1.807) is 0 Å². The van der Waals surface area contributed by atoms with Crippen LogP contribution in [0.15, 0.2) is 0 Å². The lowest BCUT2D eigenvalue weighted by Gasteiger charge is -2.15. The lowest BCUT2D eigenvalue weighted by atomic mass is 10.2. The van der Waals surface area contributed by atoms with Gasteiger partial charge in [-0.15, -0.1) is 0 Å². The van der Waals surface area contributed by atoms with Crippen LogP contribution in [0.4, 0.5) is 0 Å². The van der Waals surface area contributed by atoms with Crippen LogP contribution < -0.4 is 5.32 Å². The smallest absolute Gasteiger partial charge is 0.0809 e. The lowest BCUT2D eigenvalue weighted by Crippen LogP contribution is -2.29. The van der Waals surface area contributed by atoms with E-state index in [1.807, 2.05) is 0 Å². The molecule has 1 heterocycles. The standard InChI is InChI=1S/C13H27NO2/c1-3-12(4-2)14-8-6-9-15-11-13-7-5-10-16-13/h12-14H,3-11H2,1-2H3. The lowest BCUT2D eigenvalue weighted by molar-refractivity contribution is 0.0165. The summed E-state index contributed by atoms with van der Waals surface area (Å²) in [5, 5.41) is 3.54. The summed E-state index contributed by atoms with van der Waals surface area (Å²) in [6, 6.07) is 0.679. The molecule has 1 aliphatic heterocycles. The predicted octanol–water partition coefficient (Wildman–Crippen LogP) is 2.35. The molecule has 1 fully saturated rings. The molecule has 96 valence electrons. The van der Waals surface area contributed by atoms with E-state index in [9.17, 15) is 0 Å². The van der Waals surface area contributed by atoms with Crippen LogP contribution >= 0.6 is 0 Å². The summed E-state index contributed by atoms with van der Waals surface area (Å²) in [6.45, 7) is 8.09. The Hall–Kier alpha value is -0.120. The Kier molecular flexibility index (Phi) is 7.81. The molecule has 1 rings (SSSR count). The van der Waals surface area contributed by atoms with E-state index in [2.05, 4.69) is 19.2 Å². The van der Waals surface area contributed by atoms with Gasteiger partial charge in [-0.1, -0.05) is 13.8 Å². The molecule has 0 aromatic heterocycles. The SMILES string of the molecule is CCC(CC)NCCCOCC1CCCO1. The van der Waals surface area contributed by atoms with Crippen molar-refractivity contribution in [2.75, 3.05) is 26.4 Å². The van der Waals surface area contributed by atoms with Crippen molar-refractivity contribution >= 4 is 0 Å². The minimum absolute atomic E-state index is 0.368. The molecule has 0 aromatic rings. The second kappa shape index (κ2) is 8.97. The molecular formula is C13H27NO2. The van der Waals surface area contributed by atoms with Crippen molar-refractivity contribution in [1.29, 1.82) is 0 Å². The topological polar surface area (TPSA) is 30.5 Å². The normalized spacial score (nSPS) is 20.8. The van der Waals surface area contributed by atoms with Crippen molar-refractivity contribution in [3.8, 4) is 0 Å². The molecule has 0 radical (unpaired) electrons. The summed E-state index contributed by atoms with van der Waals surface area (Å²) in [6.07, 6.45) is 6.27. The second-order valence-corrected chi connectivity index (χ2v) is 4.53. The monoisotopic (exact) mass is 229 g/mol. The number of hydrogen-bond acceptors (Lipinski definition) is 3. The first-order valence-electron chi connectivity index (χ1n) is 6.79. The van der Waals surface area contributed by atoms with Crippen LogP contribution in [0.25, 0.3) is 0 Å². The molecule has 1 aliphatic rings. The van der Waals surface area contributed by atoms with Crippen molar-refractivity contribution in [2.45, 2.75) is 58.1 Å². The van der Waals surface area contributed by atoms with Gasteiger partial charge in [-0.3, -0.25) is 0 Å². The maximum atomic E-state index is 5.60. The number of hydrogen-bond donors (Lipinski definition) is 1. The van der Waals surface area contributed by atoms with Crippen LogP contribution in [0.3, 0.4) is 0 Å². The molecule has 1 saturated heterocycles. The number of rotatable bonds is 9. The Morgan fingerprint density at radius 1 is 1.38 bits per heavy atom. The molecule has 0 aromatic carbocycles. The van der Waals surface area contributed by atoms with E-state index in [1.165, 1.54) is 25.7 Å². The average molecular weight is 229 g/mol. The summed E-state index contributed by atoms with van der Waals surface area (Å²) in [5.74, 6) is 0. The molecule has 1 N–H and O–H groups in total. The highest BCUT2D eigenvalue weighted by molar-refractivity contribution is 4.64. The molecular weight excluding hydrogens is 202 g/mol. The molecule has 0 aliphatic carbocycles. The van der Waals surface area contributed by atoms with Crippen LogP contribution in [-0.4, -0.2) is 38.5 Å². The van der Waals surface area contributed by atoms with Gasteiger partial charge < -0.3 is 14.8 Å². The van der Waals surface area contributed by atoms with Gasteiger partial charge in [-0.05, 0) is 38.6 Å². The van der Waals surface area contributed by atoms with Crippen molar-refractivity contribution in [3.63, 3.8) is 0 Å². The first kappa shape index (κ1) is 13.9. The maximum absolute atomic E-state index is 5.60. The van der Waals surface area contributed by atoms with Gasteiger partial charge >= 0.3 is 0 Å². The van der Waals surface area contributed by atoms with Crippen LogP contribution in [-0.2, 0) is 9.47 Å². The van der Waals surface area contributed by atoms with Crippen molar-refractivity contribution in [2.24, 2.45) is 0 Å². The molecule has 0 saturated carbocycles. The highest BCUT2D eigenvalue weighted by Crippen LogP contribution is 2.11. The van der Waals surface area contributed by atoms with Crippen molar-refractivity contribution < 1.29 is 9.47 Å². The summed E-state index contributed by atoms with van der Waals surface area (Å²) in [7, 11) is 0. The van der Waals surface area contributed by atoms with Gasteiger partial charge in [0.15, 0.2) is 0 Å². The van der Waals surface area contributed by atoms with Crippen LogP contribution in [0.2, 0.25) is 0 Å². The van der Waals surface area contributed by atoms with Crippen LogP contribution in [0.1, 0.15) is 46.0 Å². The Morgan fingerprint density at radius 2 is 2.19 bits per heavy atom. The summed E-state index contributed by atoms with van der Waals surface area (Å²) < 4.78 is 11.1. The first-order valence-corrected chi connectivity index (χ1v) is 6.79. The molecule has 1 unspecified atom stereocenters. The summed E-state index contributed by atoms with van der Waals surface area (Å²) in [5.41, 5.74) is 0. The first-order chi connectivity index (χ1) is 7.86. The zero-order valence-electron chi connectivity index (χ0n) is 10.8. The Labute approximate surface area is 99.9 Å². The zero-order chi connectivity index (χ0) is 11.6. The van der Waals surface area contributed by atoms with Gasteiger partial charge in [-0.25, -0.2) is 0 Å². The minimum Gasteiger partial charge on any atom is -0.379 e. The van der Waals surface area contributed by atoms with Crippen molar-refractivity contribution in [1.82, 2.24) is 5.32 Å². The Bertz CT molecular complexity index is 148. The van der Waals surface area contributed by atoms with Gasteiger partial charge in [0.2, 0.25) is 0 Å². The van der Waals surface area contributed by atoms with Gasteiger partial charge in [0, 0.05) is 19.3 Å². The van der Waals surface area contributed by atoms with E-state index in [4.69, 9.17) is 9.47 Å². The summed E-state index contributed by atoms with van der Waals surface area (Å²) in [4.78, 5) is 0. The molecule has 1 atom stereocenters. The molecule has 3 heteroatoms. The third-order valence-corrected chi connectivity index (χ3v) is 3.21. The van der Waals surface area contributed by atoms with E-state index in [-0.39, 0.29) is 0 Å². The predicted molar refractivity (Wildman–Crippen MR) is 66.8 cm³/mol. The quantitative estimate of drug-likeness (QED) is 0.616. The third-order valence-electron chi connectivity index (χ3n) is 3.21. The molecule has 16 heavy (non-hydrogen) atoms. The fourth-order valence-electron chi connectivity index (χ4n) is 2.05. The largest absolute Gasteiger partial charge is 0.379 e. The average Bonchev–Trinajstić information content (AvgIpc) is 2.81. The van der Waals surface area contributed by atoms with Gasteiger partial charge in [-0.2, -0.15) is 0 Å². The van der Waals surface area contributed by atoms with E-state index >= 15 is 0 Å². The van der Waals surface area contributed by atoms with Gasteiger partial charge in [0.25, 0.3) is 0 Å².